The van der Waals surface area contributed by atoms with Gasteiger partial charge in [0.05, 0.1) is 7.11 Å². The summed E-state index contributed by atoms with van der Waals surface area (Å²) in [6.07, 6.45) is 1.43. The van der Waals surface area contributed by atoms with Crippen LogP contribution in [0, 0.1) is 0 Å². The van der Waals surface area contributed by atoms with E-state index in [1.54, 1.807) is 17.7 Å². The van der Waals surface area contributed by atoms with Crippen molar-refractivity contribution in [2.75, 3.05) is 12.4 Å². The Kier molecular flexibility index (Phi) is 2.92. The molecule has 0 saturated carbocycles. The van der Waals surface area contributed by atoms with Crippen LogP contribution >= 0.6 is 11.6 Å². The van der Waals surface area contributed by atoms with Crippen molar-refractivity contribution in [2.45, 2.75) is 0 Å². The lowest BCUT2D eigenvalue weighted by molar-refractivity contribution is 0.415. The number of nitrogens with one attached hydrogen (secondary N) is 1. The van der Waals surface area contributed by atoms with Crippen LogP contribution in [0.5, 0.6) is 5.75 Å². The maximum atomic E-state index is 5.95. The van der Waals surface area contributed by atoms with Crippen LogP contribution in [-0.2, 0) is 0 Å². The van der Waals surface area contributed by atoms with Crippen LogP contribution in [0.4, 0.5) is 11.5 Å². The summed E-state index contributed by atoms with van der Waals surface area (Å²) < 4.78 is 6.75. The van der Waals surface area contributed by atoms with Gasteiger partial charge in [0, 0.05) is 17.8 Å². The van der Waals surface area contributed by atoms with E-state index in [1.165, 1.54) is 6.33 Å². The first-order chi connectivity index (χ1) is 9.26. The molecule has 96 valence electrons. The van der Waals surface area contributed by atoms with E-state index in [4.69, 9.17) is 16.3 Å². The van der Waals surface area contributed by atoms with Gasteiger partial charge in [0.25, 0.3) is 5.78 Å². The molecule has 0 amide bonds. The maximum Gasteiger partial charge on any atom is 0.255 e. The Morgan fingerprint density at radius 3 is 3.05 bits per heavy atom. The van der Waals surface area contributed by atoms with Crippen LogP contribution in [0.15, 0.2) is 36.7 Å². The predicted molar refractivity (Wildman–Crippen MR) is 72.1 cm³/mol. The Hall–Kier alpha value is -2.34. The van der Waals surface area contributed by atoms with Crippen molar-refractivity contribution in [1.29, 1.82) is 0 Å². The van der Waals surface area contributed by atoms with Crippen molar-refractivity contribution in [2.24, 2.45) is 0 Å². The summed E-state index contributed by atoms with van der Waals surface area (Å²) in [6.45, 7) is 0. The molecule has 0 bridgehead atoms. The minimum Gasteiger partial charge on any atom is -0.497 e. The normalized spacial score (nSPS) is 10.6. The predicted octanol–water partition coefficient (Wildman–Crippen LogP) is 2.53. The second-order valence-electron chi connectivity index (χ2n) is 3.79. The number of methoxy groups -OCH3 is 1. The molecule has 6 nitrogen and oxygen atoms in total. The largest absolute Gasteiger partial charge is 0.497 e. The Bertz CT molecular complexity index is 727. The molecule has 2 heterocycles. The van der Waals surface area contributed by atoms with Crippen LogP contribution in [0.3, 0.4) is 0 Å². The number of rotatable bonds is 3. The average molecular weight is 276 g/mol. The van der Waals surface area contributed by atoms with Gasteiger partial charge in [-0.1, -0.05) is 17.7 Å². The zero-order valence-electron chi connectivity index (χ0n) is 10.0. The standard InChI is InChI=1S/C12H10ClN5O/c1-19-9-4-2-3-8(5-9)16-11-6-10(13)17-12-14-7-15-18(11)12/h2-7,16H,1H3. The number of aromatic nitrogens is 4. The van der Waals surface area contributed by atoms with Crippen molar-refractivity contribution < 1.29 is 4.74 Å². The quantitative estimate of drug-likeness (QED) is 0.744. The number of nitrogens with zero attached hydrogens (tertiary/aromatic N) is 4. The van der Waals surface area contributed by atoms with Gasteiger partial charge in [-0.25, -0.2) is 0 Å². The van der Waals surface area contributed by atoms with Crippen LogP contribution in [0.2, 0.25) is 5.15 Å². The molecule has 0 radical (unpaired) electrons. The van der Waals surface area contributed by atoms with E-state index in [9.17, 15) is 0 Å². The fourth-order valence-corrected chi connectivity index (χ4v) is 1.90. The van der Waals surface area contributed by atoms with E-state index in [-0.39, 0.29) is 0 Å². The zero-order valence-corrected chi connectivity index (χ0v) is 10.8. The van der Waals surface area contributed by atoms with Crippen molar-refractivity contribution >= 4 is 28.9 Å². The van der Waals surface area contributed by atoms with Gasteiger partial charge < -0.3 is 10.1 Å². The highest BCUT2D eigenvalue weighted by molar-refractivity contribution is 6.29. The lowest BCUT2D eigenvalue weighted by Crippen LogP contribution is -2.01. The van der Waals surface area contributed by atoms with Crippen LogP contribution in [0.1, 0.15) is 0 Å². The number of ether oxygens (including phenoxy) is 1. The molecule has 0 unspecified atom stereocenters. The van der Waals surface area contributed by atoms with E-state index in [0.29, 0.717) is 16.7 Å². The first kappa shape index (κ1) is 11.7. The number of anilines is 2. The third-order valence-corrected chi connectivity index (χ3v) is 2.76. The van der Waals surface area contributed by atoms with Gasteiger partial charge in [0.15, 0.2) is 0 Å². The van der Waals surface area contributed by atoms with Gasteiger partial charge >= 0.3 is 0 Å². The monoisotopic (exact) mass is 275 g/mol. The fraction of sp³-hybridized carbons (Fsp3) is 0.0833. The smallest absolute Gasteiger partial charge is 0.255 e. The number of fused-ring (bicyclic) bond motifs is 1. The molecule has 2 aromatic heterocycles. The molecule has 19 heavy (non-hydrogen) atoms. The second-order valence-corrected chi connectivity index (χ2v) is 4.18. The molecule has 0 aliphatic carbocycles. The molecule has 1 aromatic carbocycles. The van der Waals surface area contributed by atoms with Crippen molar-refractivity contribution in [1.82, 2.24) is 19.6 Å². The minimum atomic E-state index is 0.353. The maximum absolute atomic E-state index is 5.95. The summed E-state index contributed by atoms with van der Waals surface area (Å²) in [7, 11) is 1.62. The number of benzene rings is 1. The van der Waals surface area contributed by atoms with E-state index in [2.05, 4.69) is 20.4 Å². The molecule has 0 saturated heterocycles. The summed E-state index contributed by atoms with van der Waals surface area (Å²) in [5.41, 5.74) is 0.860. The van der Waals surface area contributed by atoms with Crippen molar-refractivity contribution in [3.05, 3.63) is 41.8 Å². The first-order valence-corrected chi connectivity index (χ1v) is 5.91. The van der Waals surface area contributed by atoms with E-state index >= 15 is 0 Å². The number of hydrogen-bond acceptors (Lipinski definition) is 5. The lowest BCUT2D eigenvalue weighted by Gasteiger charge is -2.09. The van der Waals surface area contributed by atoms with Crippen LogP contribution in [0.25, 0.3) is 5.78 Å². The third kappa shape index (κ3) is 2.30. The topological polar surface area (TPSA) is 64.3 Å². The van der Waals surface area contributed by atoms with E-state index in [1.807, 2.05) is 24.3 Å². The molecular formula is C12H10ClN5O. The lowest BCUT2D eigenvalue weighted by atomic mass is 10.3. The molecule has 0 atom stereocenters. The zero-order chi connectivity index (χ0) is 13.2. The van der Waals surface area contributed by atoms with Gasteiger partial charge in [-0.3, -0.25) is 0 Å². The molecule has 0 aliphatic rings. The Labute approximate surface area is 114 Å². The molecule has 0 fully saturated rings. The molecular weight excluding hydrogens is 266 g/mol. The van der Waals surface area contributed by atoms with Crippen LogP contribution < -0.4 is 10.1 Å². The van der Waals surface area contributed by atoms with Gasteiger partial charge in [-0.15, -0.1) is 0 Å². The molecule has 0 aliphatic heterocycles. The third-order valence-electron chi connectivity index (χ3n) is 2.56. The van der Waals surface area contributed by atoms with E-state index < -0.39 is 0 Å². The Morgan fingerprint density at radius 2 is 2.21 bits per heavy atom. The molecule has 3 aromatic rings. The fourth-order valence-electron chi connectivity index (χ4n) is 1.72. The van der Waals surface area contributed by atoms with E-state index in [0.717, 1.165) is 11.4 Å². The highest BCUT2D eigenvalue weighted by atomic mass is 35.5. The van der Waals surface area contributed by atoms with Gasteiger partial charge in [-0.05, 0) is 12.1 Å². The highest BCUT2D eigenvalue weighted by Crippen LogP contribution is 2.22. The first-order valence-electron chi connectivity index (χ1n) is 5.53. The van der Waals surface area contributed by atoms with Gasteiger partial charge in [-0.2, -0.15) is 19.6 Å². The molecule has 3 rings (SSSR count). The summed E-state index contributed by atoms with van der Waals surface area (Å²) in [4.78, 5) is 8.07. The molecule has 1 N–H and O–H groups in total. The second kappa shape index (κ2) is 4.74. The number of hydrogen-bond donors (Lipinski definition) is 1. The Morgan fingerprint density at radius 1 is 1.32 bits per heavy atom. The summed E-state index contributed by atoms with van der Waals surface area (Å²) >= 11 is 5.95. The van der Waals surface area contributed by atoms with Crippen LogP contribution in [-0.4, -0.2) is 26.7 Å². The van der Waals surface area contributed by atoms with Gasteiger partial charge in [0.1, 0.15) is 23.0 Å². The van der Waals surface area contributed by atoms with Crippen molar-refractivity contribution in [3.63, 3.8) is 0 Å². The SMILES string of the molecule is COc1cccc(Nc2cc(Cl)nc3ncnn23)c1. The van der Waals surface area contributed by atoms with Crippen molar-refractivity contribution in [3.8, 4) is 5.75 Å². The minimum absolute atomic E-state index is 0.353. The molecule has 0 spiro atoms. The highest BCUT2D eigenvalue weighted by Gasteiger charge is 2.07. The summed E-state index contributed by atoms with van der Waals surface area (Å²) in [5, 5.41) is 7.65. The Balaban J connectivity index is 2.02. The number of halogens is 1. The molecule has 7 heteroatoms. The van der Waals surface area contributed by atoms with Gasteiger partial charge in [0.2, 0.25) is 0 Å². The summed E-state index contributed by atoms with van der Waals surface area (Å²) in [5.74, 6) is 1.89. The average Bonchev–Trinajstić information content (AvgIpc) is 2.87. The summed E-state index contributed by atoms with van der Waals surface area (Å²) in [6, 6.07) is 9.23.